The van der Waals surface area contributed by atoms with Crippen LogP contribution in [0, 0.1) is 5.82 Å². The minimum atomic E-state index is -3.65. The molecule has 1 aromatic heterocycles. The Labute approximate surface area is 190 Å². The Kier molecular flexibility index (Phi) is 6.66. The van der Waals surface area contributed by atoms with Crippen molar-refractivity contribution in [1.82, 2.24) is 9.29 Å². The molecule has 1 saturated heterocycles. The molecular weight excluding hydrogens is 451 g/mol. The molecule has 2 unspecified atom stereocenters. The third-order valence-corrected chi connectivity index (χ3v) is 7.50. The molecule has 0 saturated carbocycles. The number of hydrogen-bond acceptors (Lipinski definition) is 7. The van der Waals surface area contributed by atoms with Crippen LogP contribution in [0.25, 0.3) is 11.3 Å². The third-order valence-electron chi connectivity index (χ3n) is 4.93. The van der Waals surface area contributed by atoms with E-state index in [1.807, 2.05) is 25.3 Å². The van der Waals surface area contributed by atoms with E-state index in [-0.39, 0.29) is 22.9 Å². The minimum absolute atomic E-state index is 0.159. The van der Waals surface area contributed by atoms with Gasteiger partial charge in [0.1, 0.15) is 5.82 Å². The van der Waals surface area contributed by atoms with Crippen LogP contribution in [0.5, 0.6) is 0 Å². The Bertz CT molecular complexity index is 1220. The van der Waals surface area contributed by atoms with E-state index in [4.69, 9.17) is 4.74 Å². The number of hydrogen-bond donors (Lipinski definition) is 1. The van der Waals surface area contributed by atoms with Crippen molar-refractivity contribution in [3.63, 3.8) is 0 Å². The first-order chi connectivity index (χ1) is 15.3. The van der Waals surface area contributed by atoms with Crippen molar-refractivity contribution in [3.05, 3.63) is 65.3 Å². The Balaban J connectivity index is 1.50. The van der Waals surface area contributed by atoms with Crippen molar-refractivity contribution in [3.8, 4) is 11.3 Å². The number of benzene rings is 2. The molecule has 32 heavy (non-hydrogen) atoms. The maximum atomic E-state index is 13.7. The summed E-state index contributed by atoms with van der Waals surface area (Å²) in [6.07, 6.45) is 1.07. The van der Waals surface area contributed by atoms with Crippen LogP contribution < -0.4 is 5.43 Å². The van der Waals surface area contributed by atoms with Crippen molar-refractivity contribution >= 4 is 32.7 Å². The average Bonchev–Trinajstić information content (AvgIpc) is 3.23. The van der Waals surface area contributed by atoms with E-state index < -0.39 is 10.0 Å². The lowest BCUT2D eigenvalue weighted by molar-refractivity contribution is -0.0440. The van der Waals surface area contributed by atoms with Gasteiger partial charge in [-0.1, -0.05) is 30.3 Å². The highest BCUT2D eigenvalue weighted by atomic mass is 32.2. The number of thiazole rings is 1. The molecular formula is C22H23FN4O3S2. The van der Waals surface area contributed by atoms with Gasteiger partial charge in [0.25, 0.3) is 0 Å². The summed E-state index contributed by atoms with van der Waals surface area (Å²) in [5, 5.41) is 6.35. The van der Waals surface area contributed by atoms with Gasteiger partial charge in [-0.15, -0.1) is 11.3 Å². The van der Waals surface area contributed by atoms with E-state index in [0.717, 1.165) is 0 Å². The summed E-state index contributed by atoms with van der Waals surface area (Å²) in [7, 11) is -3.65. The molecule has 3 aromatic rings. The fourth-order valence-electron chi connectivity index (χ4n) is 3.49. The number of ether oxygens (including phenoxy) is 1. The molecule has 2 heterocycles. The van der Waals surface area contributed by atoms with Gasteiger partial charge in [0.2, 0.25) is 15.2 Å². The van der Waals surface area contributed by atoms with Crippen LogP contribution in [-0.2, 0) is 14.8 Å². The van der Waals surface area contributed by atoms with Gasteiger partial charge in [0.15, 0.2) is 0 Å². The molecule has 1 aliphatic rings. The Hall–Kier alpha value is -2.66. The molecule has 7 nitrogen and oxygen atoms in total. The number of anilines is 1. The van der Waals surface area contributed by atoms with Gasteiger partial charge in [-0.2, -0.15) is 9.41 Å². The number of halogens is 1. The summed E-state index contributed by atoms with van der Waals surface area (Å²) in [5.74, 6) is -0.361. The van der Waals surface area contributed by atoms with Crippen LogP contribution in [0.1, 0.15) is 19.4 Å². The summed E-state index contributed by atoms with van der Waals surface area (Å²) in [6.45, 7) is 4.38. The minimum Gasteiger partial charge on any atom is -0.373 e. The predicted octanol–water partition coefficient (Wildman–Crippen LogP) is 4.19. The van der Waals surface area contributed by atoms with Gasteiger partial charge >= 0.3 is 0 Å². The lowest BCUT2D eigenvalue weighted by Crippen LogP contribution is -2.48. The topological polar surface area (TPSA) is 83.9 Å². The number of sulfonamides is 1. The van der Waals surface area contributed by atoms with Crippen molar-refractivity contribution in [2.24, 2.45) is 5.10 Å². The number of nitrogens with zero attached hydrogens (tertiary/aromatic N) is 3. The number of hydrazone groups is 1. The summed E-state index contributed by atoms with van der Waals surface area (Å²) >= 11 is 1.32. The van der Waals surface area contributed by atoms with Gasteiger partial charge in [-0.05, 0) is 32.0 Å². The highest BCUT2D eigenvalue weighted by molar-refractivity contribution is 7.89. The van der Waals surface area contributed by atoms with Gasteiger partial charge in [-0.3, -0.25) is 5.43 Å². The highest BCUT2D eigenvalue weighted by Crippen LogP contribution is 2.28. The maximum absolute atomic E-state index is 13.7. The van der Waals surface area contributed by atoms with E-state index in [2.05, 4.69) is 15.5 Å². The largest absolute Gasteiger partial charge is 0.373 e. The summed E-state index contributed by atoms with van der Waals surface area (Å²) in [5.41, 5.74) is 4.46. The van der Waals surface area contributed by atoms with Gasteiger partial charge in [0, 0.05) is 29.6 Å². The molecule has 1 fully saturated rings. The molecule has 4 rings (SSSR count). The first kappa shape index (κ1) is 22.5. The van der Waals surface area contributed by atoms with E-state index in [1.54, 1.807) is 36.4 Å². The van der Waals surface area contributed by atoms with Crippen LogP contribution in [0.15, 0.2) is 63.9 Å². The zero-order chi connectivity index (χ0) is 22.7. The second-order valence-corrected chi connectivity index (χ2v) is 10.3. The predicted molar refractivity (Wildman–Crippen MR) is 124 cm³/mol. The number of rotatable bonds is 6. The van der Waals surface area contributed by atoms with E-state index in [9.17, 15) is 12.8 Å². The first-order valence-corrected chi connectivity index (χ1v) is 12.4. The van der Waals surface area contributed by atoms with Crippen LogP contribution in [0.3, 0.4) is 0 Å². The van der Waals surface area contributed by atoms with Crippen LogP contribution in [0.2, 0.25) is 0 Å². The van der Waals surface area contributed by atoms with E-state index >= 15 is 0 Å². The molecule has 0 radical (unpaired) electrons. The second-order valence-electron chi connectivity index (χ2n) is 7.54. The third kappa shape index (κ3) is 5.04. The average molecular weight is 475 g/mol. The quantitative estimate of drug-likeness (QED) is 0.428. The highest BCUT2D eigenvalue weighted by Gasteiger charge is 2.32. The SMILES string of the molecule is CC1CN(S(=O)(=O)c2cccc(-c3csc(N/N=C\c4ccccc4F)n3)c2)CC(C)O1. The van der Waals surface area contributed by atoms with Gasteiger partial charge < -0.3 is 4.74 Å². The molecule has 2 aromatic carbocycles. The van der Waals surface area contributed by atoms with Gasteiger partial charge in [0.05, 0.1) is 29.0 Å². The number of morpholine rings is 1. The number of nitrogens with one attached hydrogen (secondary N) is 1. The van der Waals surface area contributed by atoms with Crippen molar-refractivity contribution in [2.75, 3.05) is 18.5 Å². The Morgan fingerprint density at radius 1 is 1.19 bits per heavy atom. The van der Waals surface area contributed by atoms with Crippen molar-refractivity contribution in [2.45, 2.75) is 31.0 Å². The zero-order valence-electron chi connectivity index (χ0n) is 17.6. The van der Waals surface area contributed by atoms with Crippen LogP contribution >= 0.6 is 11.3 Å². The molecule has 0 aliphatic carbocycles. The van der Waals surface area contributed by atoms with Gasteiger partial charge in [-0.25, -0.2) is 17.8 Å². The normalized spacial score (nSPS) is 20.0. The first-order valence-electron chi connectivity index (χ1n) is 10.1. The standard InChI is InChI=1S/C22H23FN4O3S2/c1-15-12-27(13-16(2)30-15)32(28,29)19-8-5-7-17(10-19)21-14-31-22(25-21)26-24-11-18-6-3-4-9-20(18)23/h3-11,14-16H,12-13H2,1-2H3,(H,25,26)/b24-11-. The molecule has 0 amide bonds. The second kappa shape index (κ2) is 9.45. The Morgan fingerprint density at radius 2 is 1.94 bits per heavy atom. The summed E-state index contributed by atoms with van der Waals surface area (Å²) in [4.78, 5) is 4.68. The molecule has 0 spiro atoms. The molecule has 2 atom stereocenters. The van der Waals surface area contributed by atoms with E-state index in [0.29, 0.717) is 35.0 Å². The van der Waals surface area contributed by atoms with Crippen molar-refractivity contribution in [1.29, 1.82) is 0 Å². The molecule has 0 bridgehead atoms. The Morgan fingerprint density at radius 3 is 2.69 bits per heavy atom. The summed E-state index contributed by atoms with van der Waals surface area (Å²) < 4.78 is 47.1. The summed E-state index contributed by atoms with van der Waals surface area (Å²) in [6, 6.07) is 13.1. The fourth-order valence-corrected chi connectivity index (χ4v) is 5.79. The monoisotopic (exact) mass is 474 g/mol. The fraction of sp³-hybridized carbons (Fsp3) is 0.273. The lowest BCUT2D eigenvalue weighted by Gasteiger charge is -2.34. The van der Waals surface area contributed by atoms with Crippen LogP contribution in [0.4, 0.5) is 9.52 Å². The van der Waals surface area contributed by atoms with E-state index in [1.165, 1.54) is 27.9 Å². The van der Waals surface area contributed by atoms with Crippen LogP contribution in [-0.4, -0.2) is 49.2 Å². The maximum Gasteiger partial charge on any atom is 0.243 e. The molecule has 10 heteroatoms. The van der Waals surface area contributed by atoms with Crippen molar-refractivity contribution < 1.29 is 17.5 Å². The molecule has 1 N–H and O–H groups in total. The zero-order valence-corrected chi connectivity index (χ0v) is 19.2. The molecule has 1 aliphatic heterocycles. The lowest BCUT2D eigenvalue weighted by atomic mass is 10.2. The molecule has 168 valence electrons. The number of aromatic nitrogens is 1. The smallest absolute Gasteiger partial charge is 0.243 e.